The summed E-state index contributed by atoms with van der Waals surface area (Å²) in [5, 5.41) is 2.68. The molecule has 1 aromatic carbocycles. The summed E-state index contributed by atoms with van der Waals surface area (Å²) >= 11 is 0. The minimum Gasteiger partial charge on any atom is -0.444 e. The highest BCUT2D eigenvalue weighted by atomic mass is 16.6. The smallest absolute Gasteiger partial charge is 0.407 e. The summed E-state index contributed by atoms with van der Waals surface area (Å²) in [6.45, 7) is 5.68. The van der Waals surface area contributed by atoms with Gasteiger partial charge in [-0.3, -0.25) is 4.79 Å². The maximum atomic E-state index is 12.7. The van der Waals surface area contributed by atoms with Gasteiger partial charge in [0.1, 0.15) is 5.60 Å². The Morgan fingerprint density at radius 3 is 2.57 bits per heavy atom. The molecule has 23 heavy (non-hydrogen) atoms. The second kappa shape index (κ2) is 6.20. The molecule has 1 aromatic rings. The van der Waals surface area contributed by atoms with E-state index < -0.39 is 17.3 Å². The lowest BCUT2D eigenvalue weighted by Gasteiger charge is -2.27. The number of benzene rings is 1. The summed E-state index contributed by atoms with van der Waals surface area (Å²) in [5.74, 6) is -0.132. The summed E-state index contributed by atoms with van der Waals surface area (Å²) in [4.78, 5) is 26.0. The van der Waals surface area contributed by atoms with E-state index in [0.717, 1.165) is 11.3 Å². The van der Waals surface area contributed by atoms with Crippen LogP contribution in [-0.4, -0.2) is 38.3 Å². The molecule has 126 valence electrons. The first-order valence-corrected chi connectivity index (χ1v) is 7.61. The number of anilines is 1. The van der Waals surface area contributed by atoms with Crippen LogP contribution in [0, 0.1) is 0 Å². The number of carbonyl (C=O) groups is 2. The third-order valence-corrected chi connectivity index (χ3v) is 3.84. The Labute approximate surface area is 136 Å². The van der Waals surface area contributed by atoms with E-state index in [4.69, 9.17) is 9.47 Å². The minimum absolute atomic E-state index is 0.132. The maximum absolute atomic E-state index is 12.7. The van der Waals surface area contributed by atoms with Crippen molar-refractivity contribution in [2.24, 2.45) is 0 Å². The predicted octanol–water partition coefficient (Wildman–Crippen LogP) is 2.42. The van der Waals surface area contributed by atoms with Crippen molar-refractivity contribution < 1.29 is 19.1 Å². The molecule has 1 N–H and O–H groups in total. The van der Waals surface area contributed by atoms with Crippen molar-refractivity contribution in [2.45, 2.75) is 38.4 Å². The van der Waals surface area contributed by atoms with Crippen LogP contribution in [0.4, 0.5) is 10.5 Å². The molecule has 2 rings (SSSR count). The van der Waals surface area contributed by atoms with Gasteiger partial charge < -0.3 is 19.7 Å². The average molecular weight is 320 g/mol. The third-order valence-electron chi connectivity index (χ3n) is 3.84. The Kier molecular flexibility index (Phi) is 4.66. The van der Waals surface area contributed by atoms with Crippen molar-refractivity contribution in [2.75, 3.05) is 25.6 Å². The van der Waals surface area contributed by atoms with Crippen LogP contribution in [0.25, 0.3) is 0 Å². The molecular weight excluding hydrogens is 296 g/mol. The van der Waals surface area contributed by atoms with Crippen molar-refractivity contribution in [1.29, 1.82) is 0 Å². The number of hydrogen-bond acceptors (Lipinski definition) is 4. The molecule has 1 heterocycles. The van der Waals surface area contributed by atoms with Crippen LogP contribution in [0.1, 0.15) is 32.8 Å². The fourth-order valence-electron chi connectivity index (χ4n) is 2.80. The van der Waals surface area contributed by atoms with Gasteiger partial charge in [-0.05, 0) is 26.8 Å². The van der Waals surface area contributed by atoms with Crippen LogP contribution in [-0.2, 0) is 19.9 Å². The first-order chi connectivity index (χ1) is 10.7. The van der Waals surface area contributed by atoms with Crippen molar-refractivity contribution in [3.05, 3.63) is 29.8 Å². The molecule has 0 fully saturated rings. The molecule has 0 bridgehead atoms. The second-order valence-corrected chi connectivity index (χ2v) is 6.59. The number of amides is 2. The van der Waals surface area contributed by atoms with E-state index in [1.165, 1.54) is 7.11 Å². The van der Waals surface area contributed by atoms with E-state index in [9.17, 15) is 9.59 Å². The molecule has 0 unspecified atom stereocenters. The number of carbonyl (C=O) groups excluding carboxylic acids is 2. The molecule has 0 radical (unpaired) electrons. The zero-order valence-corrected chi connectivity index (χ0v) is 14.3. The fourth-order valence-corrected chi connectivity index (χ4v) is 2.80. The largest absolute Gasteiger partial charge is 0.444 e. The van der Waals surface area contributed by atoms with Crippen molar-refractivity contribution >= 4 is 17.7 Å². The number of methoxy groups -OCH3 is 1. The molecule has 6 heteroatoms. The van der Waals surface area contributed by atoms with Gasteiger partial charge in [0.05, 0.1) is 5.69 Å². The van der Waals surface area contributed by atoms with Crippen molar-refractivity contribution in [3.8, 4) is 0 Å². The monoisotopic (exact) mass is 320 g/mol. The van der Waals surface area contributed by atoms with Gasteiger partial charge in [0.2, 0.25) is 0 Å². The Balaban J connectivity index is 2.11. The van der Waals surface area contributed by atoms with Crippen molar-refractivity contribution in [3.63, 3.8) is 0 Å². The quantitative estimate of drug-likeness (QED) is 0.925. The Morgan fingerprint density at radius 1 is 1.30 bits per heavy atom. The number of nitrogens with one attached hydrogen (secondary N) is 1. The van der Waals surface area contributed by atoms with Crippen LogP contribution in [0.15, 0.2) is 24.3 Å². The summed E-state index contributed by atoms with van der Waals surface area (Å²) in [6, 6.07) is 7.52. The van der Waals surface area contributed by atoms with Crippen LogP contribution >= 0.6 is 0 Å². The highest BCUT2D eigenvalue weighted by molar-refractivity contribution is 6.06. The predicted molar refractivity (Wildman–Crippen MR) is 87.4 cm³/mol. The zero-order valence-electron chi connectivity index (χ0n) is 14.3. The van der Waals surface area contributed by atoms with E-state index in [-0.39, 0.29) is 12.5 Å². The molecule has 0 saturated carbocycles. The van der Waals surface area contributed by atoms with Gasteiger partial charge in [-0.15, -0.1) is 0 Å². The van der Waals surface area contributed by atoms with E-state index in [1.807, 2.05) is 24.3 Å². The number of nitrogens with zero attached hydrogens (tertiary/aromatic N) is 1. The lowest BCUT2D eigenvalue weighted by molar-refractivity contribution is -0.140. The standard InChI is InChI=1S/C17H24N2O4/c1-16(2,3)23-15(21)18-11-10-17(22-5)12-8-6-7-9-13(12)19(4)14(17)20/h6-9H,10-11H2,1-5H3,(H,18,21)/t17-/m1/s1. The third kappa shape index (κ3) is 3.32. The molecule has 0 aromatic heterocycles. The van der Waals surface area contributed by atoms with Crippen LogP contribution in [0.5, 0.6) is 0 Å². The Morgan fingerprint density at radius 2 is 1.96 bits per heavy atom. The lowest BCUT2D eigenvalue weighted by Crippen LogP contribution is -2.43. The molecule has 2 amide bonds. The minimum atomic E-state index is -1.07. The second-order valence-electron chi connectivity index (χ2n) is 6.59. The van der Waals surface area contributed by atoms with Gasteiger partial charge >= 0.3 is 6.09 Å². The summed E-state index contributed by atoms with van der Waals surface area (Å²) in [5.41, 5.74) is 0.0249. The van der Waals surface area contributed by atoms with Crippen LogP contribution in [0.2, 0.25) is 0 Å². The molecule has 0 spiro atoms. The summed E-state index contributed by atoms with van der Waals surface area (Å²) < 4.78 is 10.8. The molecule has 1 atom stereocenters. The first-order valence-electron chi connectivity index (χ1n) is 7.61. The highest BCUT2D eigenvalue weighted by Crippen LogP contribution is 2.43. The summed E-state index contributed by atoms with van der Waals surface area (Å²) in [7, 11) is 3.24. The molecule has 0 saturated heterocycles. The molecular formula is C17H24N2O4. The number of fused-ring (bicyclic) bond motifs is 1. The Bertz CT molecular complexity index is 609. The number of hydrogen-bond donors (Lipinski definition) is 1. The van der Waals surface area contributed by atoms with Crippen molar-refractivity contribution in [1.82, 2.24) is 5.32 Å². The van der Waals surface area contributed by atoms with Gasteiger partial charge in [0, 0.05) is 32.7 Å². The summed E-state index contributed by atoms with van der Waals surface area (Å²) in [6.07, 6.45) is -0.168. The van der Waals surface area contributed by atoms with Gasteiger partial charge in [0.25, 0.3) is 5.91 Å². The fraction of sp³-hybridized carbons (Fsp3) is 0.529. The van der Waals surface area contributed by atoms with E-state index in [2.05, 4.69) is 5.32 Å². The van der Waals surface area contributed by atoms with Gasteiger partial charge in [-0.1, -0.05) is 18.2 Å². The number of para-hydroxylation sites is 1. The molecule has 0 aliphatic carbocycles. The van der Waals surface area contributed by atoms with Gasteiger partial charge in [-0.25, -0.2) is 4.79 Å². The number of rotatable bonds is 4. The van der Waals surface area contributed by atoms with E-state index in [0.29, 0.717) is 6.42 Å². The number of likely N-dealkylation sites (N-methyl/N-ethyl adjacent to an activating group) is 1. The molecule has 6 nitrogen and oxygen atoms in total. The van der Waals surface area contributed by atoms with E-state index >= 15 is 0 Å². The lowest BCUT2D eigenvalue weighted by atomic mass is 9.91. The zero-order chi connectivity index (χ0) is 17.3. The highest BCUT2D eigenvalue weighted by Gasteiger charge is 2.49. The first kappa shape index (κ1) is 17.3. The van der Waals surface area contributed by atoms with Crippen LogP contribution < -0.4 is 10.2 Å². The topological polar surface area (TPSA) is 67.9 Å². The molecule has 1 aliphatic heterocycles. The SMILES string of the molecule is CO[C@@]1(CCNC(=O)OC(C)(C)C)C(=O)N(C)c2ccccc21. The van der Waals surface area contributed by atoms with Crippen LogP contribution in [0.3, 0.4) is 0 Å². The number of alkyl carbamates (subject to hydrolysis) is 1. The maximum Gasteiger partial charge on any atom is 0.407 e. The Hall–Kier alpha value is -2.08. The normalized spacial score (nSPS) is 20.4. The van der Waals surface area contributed by atoms with Gasteiger partial charge in [-0.2, -0.15) is 0 Å². The average Bonchev–Trinajstić information content (AvgIpc) is 2.68. The molecule has 1 aliphatic rings. The number of ether oxygens (including phenoxy) is 2. The van der Waals surface area contributed by atoms with Gasteiger partial charge in [0.15, 0.2) is 5.60 Å². The van der Waals surface area contributed by atoms with E-state index in [1.54, 1.807) is 32.7 Å².